The molecule has 0 aromatic heterocycles. The van der Waals surface area contributed by atoms with Crippen LogP contribution < -0.4 is 15.2 Å². The summed E-state index contributed by atoms with van der Waals surface area (Å²) < 4.78 is 0. The van der Waals surface area contributed by atoms with Crippen molar-refractivity contribution in [3.63, 3.8) is 0 Å². The van der Waals surface area contributed by atoms with Gasteiger partial charge >= 0.3 is 0 Å². The van der Waals surface area contributed by atoms with Crippen molar-refractivity contribution < 1.29 is 24.3 Å². The third kappa shape index (κ3) is 6.01. The fraction of sp³-hybridized carbons (Fsp3) is 0.216. The first kappa shape index (κ1) is 38.8. The van der Waals surface area contributed by atoms with Crippen LogP contribution in [0.25, 0.3) is 10.8 Å². The highest BCUT2D eigenvalue weighted by Crippen LogP contribution is 2.65. The van der Waals surface area contributed by atoms with E-state index in [4.69, 9.17) is 0 Å². The summed E-state index contributed by atoms with van der Waals surface area (Å²) in [6, 6.07) is 42.5. The van der Waals surface area contributed by atoms with E-state index in [2.05, 4.69) is 21.7 Å². The van der Waals surface area contributed by atoms with Gasteiger partial charge in [-0.25, -0.2) is 0 Å². The van der Waals surface area contributed by atoms with Gasteiger partial charge in [-0.2, -0.15) is 15.2 Å². The highest BCUT2D eigenvalue weighted by molar-refractivity contribution is 6.22. The fourth-order valence-corrected chi connectivity index (χ4v) is 10.5. The molecule has 6 atom stereocenters. The molecule has 6 aromatic carbocycles. The van der Waals surface area contributed by atoms with Gasteiger partial charge in [0.05, 0.1) is 45.9 Å². The van der Waals surface area contributed by atoms with E-state index in [1.807, 2.05) is 135 Å². The topological polar surface area (TPSA) is 135 Å². The number of nitrogens with zero attached hydrogens (tertiary/aromatic N) is 5. The second kappa shape index (κ2) is 14.9. The molecular formula is C51H44N6O5. The number of imide groups is 2. The standard InChI is InChI=1S/C51H44N6O5/c1-30-13-15-34(16-14-30)54-57-48(60)43-29-42-40(46(51(43,50(57)62)31-9-5-4-6-10-31)39-27-28-44(58)38-12-8-7-11-37(38)39)25-26-41-45(42)49(61)56(47(41)59)36-23-19-33(20-24-36)53-52-32-17-21-35(22-18-32)55(2)3/h4-25,27-28,41-43,45-46,54,58H,26,29H2,1-3H3. The summed E-state index contributed by atoms with van der Waals surface area (Å²) in [5.41, 5.74) is 8.36. The van der Waals surface area contributed by atoms with Gasteiger partial charge in [0.25, 0.3) is 11.8 Å². The number of fused-ring (bicyclic) bond motifs is 5. The zero-order valence-corrected chi connectivity index (χ0v) is 34.5. The lowest BCUT2D eigenvalue weighted by molar-refractivity contribution is -0.138. The summed E-state index contributed by atoms with van der Waals surface area (Å²) in [7, 11) is 3.94. The van der Waals surface area contributed by atoms with Crippen LogP contribution in [0.2, 0.25) is 0 Å². The Morgan fingerprint density at radius 3 is 2.02 bits per heavy atom. The normalized spacial score (nSPS) is 24.3. The number of aryl methyl sites for hydroxylation is 1. The Hall–Kier alpha value is -7.40. The Balaban J connectivity index is 1.06. The molecule has 2 heterocycles. The van der Waals surface area contributed by atoms with Crippen LogP contribution >= 0.6 is 0 Å². The number of benzene rings is 6. The van der Waals surface area contributed by atoms with Gasteiger partial charge in [-0.3, -0.25) is 29.5 Å². The summed E-state index contributed by atoms with van der Waals surface area (Å²) in [5, 5.41) is 22.4. The number of amides is 4. The number of hydrogen-bond donors (Lipinski definition) is 2. The molecule has 3 fully saturated rings. The minimum Gasteiger partial charge on any atom is -0.507 e. The Morgan fingerprint density at radius 2 is 1.34 bits per heavy atom. The van der Waals surface area contributed by atoms with Crippen LogP contribution in [0.4, 0.5) is 28.4 Å². The first-order valence-corrected chi connectivity index (χ1v) is 20.9. The zero-order valence-electron chi connectivity index (χ0n) is 34.5. The average molecular weight is 821 g/mol. The average Bonchev–Trinajstić information content (AvgIpc) is 3.67. The van der Waals surface area contributed by atoms with E-state index in [9.17, 15) is 14.7 Å². The molecule has 0 spiro atoms. The number of hydrogen-bond acceptors (Lipinski definition) is 9. The lowest BCUT2D eigenvalue weighted by atomic mass is 9.49. The molecule has 2 aliphatic heterocycles. The van der Waals surface area contributed by atoms with Gasteiger partial charge < -0.3 is 10.0 Å². The second-order valence-corrected chi connectivity index (χ2v) is 17.0. The minimum absolute atomic E-state index is 0.0922. The SMILES string of the molecule is Cc1ccc(NN2C(=O)C3CC4C(=CCC5C(=O)N(c6ccc(N=Nc7ccc(N(C)C)cc7)cc6)C(=O)C54)C(c4ccc(O)c5ccccc45)C3(c3ccccc3)C2=O)cc1. The van der Waals surface area contributed by atoms with E-state index in [1.54, 1.807) is 30.3 Å². The summed E-state index contributed by atoms with van der Waals surface area (Å²) in [6.45, 7) is 1.97. The number of nitrogens with one attached hydrogen (secondary N) is 1. The molecule has 10 rings (SSSR count). The highest BCUT2D eigenvalue weighted by Gasteiger charge is 2.70. The largest absolute Gasteiger partial charge is 0.507 e. The van der Waals surface area contributed by atoms with Crippen molar-refractivity contribution in [2.24, 2.45) is 33.9 Å². The first-order valence-electron chi connectivity index (χ1n) is 20.9. The maximum Gasteiger partial charge on any atom is 0.260 e. The van der Waals surface area contributed by atoms with Crippen LogP contribution in [0.5, 0.6) is 5.75 Å². The van der Waals surface area contributed by atoms with Crippen molar-refractivity contribution in [2.45, 2.75) is 31.1 Å². The molecule has 4 amide bonds. The predicted octanol–water partition coefficient (Wildman–Crippen LogP) is 9.52. The van der Waals surface area contributed by atoms with Crippen LogP contribution in [0.3, 0.4) is 0 Å². The number of rotatable bonds is 8. The third-order valence-electron chi connectivity index (χ3n) is 13.4. The van der Waals surface area contributed by atoms with Crippen molar-refractivity contribution in [2.75, 3.05) is 29.3 Å². The molecular weight excluding hydrogens is 777 g/mol. The number of hydrazine groups is 1. The Kier molecular flexibility index (Phi) is 9.35. The smallest absolute Gasteiger partial charge is 0.260 e. The molecule has 11 nitrogen and oxygen atoms in total. The van der Waals surface area contributed by atoms with Crippen molar-refractivity contribution in [3.8, 4) is 5.75 Å². The molecule has 0 radical (unpaired) electrons. The molecule has 2 aliphatic carbocycles. The van der Waals surface area contributed by atoms with Crippen LogP contribution in [0, 0.1) is 30.6 Å². The molecule has 2 N–H and O–H groups in total. The molecule has 6 unspecified atom stereocenters. The van der Waals surface area contributed by atoms with Gasteiger partial charge in [0.2, 0.25) is 11.8 Å². The van der Waals surface area contributed by atoms with Crippen molar-refractivity contribution in [3.05, 3.63) is 168 Å². The predicted molar refractivity (Wildman–Crippen MR) is 238 cm³/mol. The number of anilines is 3. The molecule has 11 heteroatoms. The van der Waals surface area contributed by atoms with Crippen LogP contribution in [0.1, 0.15) is 35.4 Å². The molecule has 62 heavy (non-hydrogen) atoms. The van der Waals surface area contributed by atoms with E-state index in [0.717, 1.165) is 27.8 Å². The summed E-state index contributed by atoms with van der Waals surface area (Å²) >= 11 is 0. The number of allylic oxidation sites excluding steroid dienone is 2. The van der Waals surface area contributed by atoms with E-state index in [0.29, 0.717) is 33.7 Å². The maximum absolute atomic E-state index is 15.6. The number of azo groups is 1. The Morgan fingerprint density at radius 1 is 0.694 bits per heavy atom. The number of carbonyl (C=O) groups is 4. The van der Waals surface area contributed by atoms with E-state index >= 15 is 9.59 Å². The number of phenols is 1. The van der Waals surface area contributed by atoms with E-state index in [-0.39, 0.29) is 30.4 Å². The van der Waals surface area contributed by atoms with Gasteiger partial charge in [0.15, 0.2) is 0 Å². The van der Waals surface area contributed by atoms with E-state index in [1.165, 1.54) is 9.91 Å². The summed E-state index contributed by atoms with van der Waals surface area (Å²) in [5.74, 6) is -4.96. The number of carbonyl (C=O) groups excluding carboxylic acids is 4. The maximum atomic E-state index is 15.6. The fourth-order valence-electron chi connectivity index (χ4n) is 10.5. The van der Waals surface area contributed by atoms with Crippen LogP contribution in [0.15, 0.2) is 161 Å². The lowest BCUT2D eigenvalue weighted by Gasteiger charge is -2.51. The van der Waals surface area contributed by atoms with Gasteiger partial charge in [0, 0.05) is 31.1 Å². The van der Waals surface area contributed by atoms with Gasteiger partial charge in [-0.05, 0) is 109 Å². The molecule has 0 bridgehead atoms. The summed E-state index contributed by atoms with van der Waals surface area (Å²) in [4.78, 5) is 63.4. The van der Waals surface area contributed by atoms with E-state index < -0.39 is 46.8 Å². The molecule has 1 saturated carbocycles. The Bertz CT molecular complexity index is 2840. The van der Waals surface area contributed by atoms with Gasteiger partial charge in [-0.15, -0.1) is 0 Å². The van der Waals surface area contributed by atoms with Crippen molar-refractivity contribution in [1.82, 2.24) is 5.01 Å². The van der Waals surface area contributed by atoms with Crippen LogP contribution in [-0.2, 0) is 24.6 Å². The van der Waals surface area contributed by atoms with Gasteiger partial charge in [0.1, 0.15) is 5.75 Å². The van der Waals surface area contributed by atoms with Gasteiger partial charge in [-0.1, -0.05) is 90.0 Å². The zero-order chi connectivity index (χ0) is 42.9. The highest BCUT2D eigenvalue weighted by atomic mass is 16.3. The molecule has 308 valence electrons. The Labute approximate surface area is 359 Å². The second-order valence-electron chi connectivity index (χ2n) is 17.0. The molecule has 2 saturated heterocycles. The lowest BCUT2D eigenvalue weighted by Crippen LogP contribution is -2.53. The minimum atomic E-state index is -1.44. The molecule has 4 aliphatic rings. The first-order chi connectivity index (χ1) is 30.1. The summed E-state index contributed by atoms with van der Waals surface area (Å²) in [6.07, 6.45) is 2.51. The quantitative estimate of drug-likeness (QED) is 0.0888. The van der Waals surface area contributed by atoms with Crippen LogP contribution in [-0.4, -0.2) is 47.8 Å². The number of phenolic OH excluding ortho intramolecular Hbond substituents is 1. The third-order valence-corrected chi connectivity index (χ3v) is 13.4. The van der Waals surface area contributed by atoms with Crippen molar-refractivity contribution in [1.29, 1.82) is 0 Å². The molecule has 6 aromatic rings. The number of aromatic hydroxyl groups is 1. The monoisotopic (exact) mass is 820 g/mol. The van der Waals surface area contributed by atoms with Crippen molar-refractivity contribution >= 4 is 62.8 Å².